The van der Waals surface area contributed by atoms with Gasteiger partial charge in [0.15, 0.2) is 0 Å². The molecular formula is C28H19BrN6O2S2. The van der Waals surface area contributed by atoms with Gasteiger partial charge < -0.3 is 17.0 Å². The van der Waals surface area contributed by atoms with Crippen molar-refractivity contribution in [3.63, 3.8) is 0 Å². The molecular weight excluding hydrogens is 596 g/mol. The molecule has 0 unspecified atom stereocenters. The number of quaternary nitrogens is 1. The van der Waals surface area contributed by atoms with Crippen LogP contribution in [0.2, 0.25) is 0 Å². The highest BCUT2D eigenvalue weighted by Crippen LogP contribution is 2.47. The van der Waals surface area contributed by atoms with E-state index in [2.05, 4.69) is 18.2 Å². The van der Waals surface area contributed by atoms with Gasteiger partial charge in [-0.2, -0.15) is 5.43 Å². The average Bonchev–Trinajstić information content (AvgIpc) is 3.68. The summed E-state index contributed by atoms with van der Waals surface area (Å²) in [4.78, 5) is 16.9. The number of para-hydroxylation sites is 1. The maximum atomic E-state index is 11.3. The topological polar surface area (TPSA) is 91.5 Å². The van der Waals surface area contributed by atoms with Crippen LogP contribution in [0.3, 0.4) is 0 Å². The fourth-order valence-corrected chi connectivity index (χ4v) is 6.74. The minimum Gasteiger partial charge on any atom is -1.00 e. The standard InChI is InChI=1S/C28H18N6O2S2.BrH/c35-34(36)20-16-14-19(15-17-20)32-30-27(18-8-2-1-3-9-18)31-33(32)25-21-10-4-6-12-23(21)37-26(25)28-29-22-11-5-7-13-24(22)38-28;/h1-17H,(H,30,31);1H. The molecule has 0 aliphatic carbocycles. The number of hydrogen-bond donors (Lipinski definition) is 1. The fourth-order valence-electron chi connectivity index (χ4n) is 4.51. The van der Waals surface area contributed by atoms with E-state index < -0.39 is 4.92 Å². The molecule has 11 heteroatoms. The van der Waals surface area contributed by atoms with E-state index in [1.165, 1.54) is 12.1 Å². The summed E-state index contributed by atoms with van der Waals surface area (Å²) >= 11 is 3.36. The van der Waals surface area contributed by atoms with Gasteiger partial charge in [-0.15, -0.1) is 32.9 Å². The lowest BCUT2D eigenvalue weighted by atomic mass is 10.2. The number of nitrogens with two attached hydrogens (primary N) is 1. The number of hydrogen-bond acceptors (Lipinski definition) is 8. The zero-order chi connectivity index (χ0) is 25.6. The highest BCUT2D eigenvalue weighted by molar-refractivity contribution is 7.28. The normalized spacial score (nSPS) is 13.1. The largest absolute Gasteiger partial charge is 1.00 e. The molecule has 4 aromatic carbocycles. The van der Waals surface area contributed by atoms with E-state index in [0.717, 1.165) is 47.3 Å². The molecule has 0 atom stereocenters. The molecule has 2 N–H and O–H groups in total. The fraction of sp³-hybridized carbons (Fsp3) is 0. The number of thiophene rings is 1. The number of halogens is 1. The number of amidine groups is 1. The molecule has 39 heavy (non-hydrogen) atoms. The number of non-ortho nitro benzene ring substituents is 1. The number of rotatable bonds is 5. The van der Waals surface area contributed by atoms with Gasteiger partial charge in [-0.1, -0.05) is 53.6 Å². The second kappa shape index (κ2) is 10.2. The maximum absolute atomic E-state index is 11.3. The Balaban J connectivity index is 0.00000277. The lowest BCUT2D eigenvalue weighted by Crippen LogP contribution is -3.00. The van der Waals surface area contributed by atoms with E-state index in [4.69, 9.17) is 10.1 Å². The monoisotopic (exact) mass is 614 g/mol. The molecule has 0 bridgehead atoms. The van der Waals surface area contributed by atoms with Crippen molar-refractivity contribution in [2.24, 2.45) is 5.10 Å². The SMILES string of the molecule is O=[N+]([O-])c1ccc(N2N=C(c3ccccc3)[NH2+]N2c2c(-c3nc4ccccc4s3)sc3ccccc23)cc1.[Br-]. The molecule has 0 saturated carbocycles. The van der Waals surface area contributed by atoms with Crippen molar-refractivity contribution in [3.05, 3.63) is 119 Å². The first-order valence-electron chi connectivity index (χ1n) is 11.9. The van der Waals surface area contributed by atoms with E-state index in [-0.39, 0.29) is 22.7 Å². The number of fused-ring (bicyclic) bond motifs is 2. The summed E-state index contributed by atoms with van der Waals surface area (Å²) < 4.78 is 2.27. The van der Waals surface area contributed by atoms with Crippen LogP contribution in [0.1, 0.15) is 5.56 Å². The Labute approximate surface area is 241 Å². The van der Waals surface area contributed by atoms with Gasteiger partial charge in [0.2, 0.25) is 0 Å². The molecule has 8 nitrogen and oxygen atoms in total. The molecule has 0 radical (unpaired) electrons. The van der Waals surface area contributed by atoms with E-state index >= 15 is 0 Å². The molecule has 0 amide bonds. The van der Waals surface area contributed by atoms with Crippen molar-refractivity contribution in [1.29, 1.82) is 0 Å². The Hall–Kier alpha value is -4.16. The Morgan fingerprint density at radius 3 is 2.23 bits per heavy atom. The van der Waals surface area contributed by atoms with E-state index in [1.807, 2.05) is 71.2 Å². The maximum Gasteiger partial charge on any atom is 0.277 e. The van der Waals surface area contributed by atoms with Crippen LogP contribution in [0.5, 0.6) is 0 Å². The third kappa shape index (κ3) is 4.45. The second-order valence-electron chi connectivity index (χ2n) is 8.65. The molecule has 1 aliphatic rings. The predicted molar refractivity (Wildman–Crippen MR) is 153 cm³/mol. The van der Waals surface area contributed by atoms with Crippen LogP contribution in [-0.4, -0.2) is 15.7 Å². The second-order valence-corrected chi connectivity index (χ2v) is 10.7. The highest BCUT2D eigenvalue weighted by Gasteiger charge is 2.36. The summed E-state index contributed by atoms with van der Waals surface area (Å²) in [6, 6.07) is 32.9. The molecule has 2 aromatic heterocycles. The van der Waals surface area contributed by atoms with Crippen molar-refractivity contribution >= 4 is 65.9 Å². The molecule has 3 heterocycles. The van der Waals surface area contributed by atoms with Gasteiger partial charge in [0.1, 0.15) is 10.7 Å². The number of hydrazine groups is 1. The van der Waals surface area contributed by atoms with Crippen LogP contribution in [0.4, 0.5) is 17.1 Å². The van der Waals surface area contributed by atoms with Gasteiger partial charge in [-0.05, 0) is 42.5 Å². The first kappa shape index (κ1) is 25.1. The zero-order valence-corrected chi connectivity index (χ0v) is 23.4. The van der Waals surface area contributed by atoms with Crippen LogP contribution in [-0.2, 0) is 0 Å². The number of aromatic nitrogens is 1. The number of thiazole rings is 1. The van der Waals surface area contributed by atoms with E-state index in [9.17, 15) is 10.1 Å². The van der Waals surface area contributed by atoms with E-state index in [0.29, 0.717) is 5.69 Å². The number of nitrogens with zero attached hydrogens (tertiary/aromatic N) is 5. The number of anilines is 2. The van der Waals surface area contributed by atoms with E-state index in [1.54, 1.807) is 39.9 Å². The number of benzene rings is 4. The summed E-state index contributed by atoms with van der Waals surface area (Å²) in [6.45, 7) is 0. The summed E-state index contributed by atoms with van der Waals surface area (Å²) in [5.74, 6) is 0.787. The molecule has 192 valence electrons. The van der Waals surface area contributed by atoms with Crippen LogP contribution < -0.4 is 32.6 Å². The van der Waals surface area contributed by atoms with Gasteiger partial charge in [0.05, 0.1) is 31.3 Å². The van der Waals surface area contributed by atoms with Gasteiger partial charge in [-0.3, -0.25) is 10.1 Å². The van der Waals surface area contributed by atoms with Gasteiger partial charge in [0, 0.05) is 22.2 Å². The molecule has 0 saturated heterocycles. The molecule has 0 fully saturated rings. The third-order valence-electron chi connectivity index (χ3n) is 6.30. The Morgan fingerprint density at radius 1 is 0.795 bits per heavy atom. The molecule has 7 rings (SSSR count). The average molecular weight is 616 g/mol. The number of nitro groups is 1. The van der Waals surface area contributed by atoms with Crippen LogP contribution in [0.25, 0.3) is 30.2 Å². The number of hydrazone groups is 1. The summed E-state index contributed by atoms with van der Waals surface area (Å²) in [5, 5.41) is 22.1. The third-order valence-corrected chi connectivity index (χ3v) is 8.65. The van der Waals surface area contributed by atoms with Gasteiger partial charge >= 0.3 is 0 Å². The van der Waals surface area contributed by atoms with Crippen molar-refractivity contribution < 1.29 is 27.3 Å². The van der Waals surface area contributed by atoms with Crippen molar-refractivity contribution in [1.82, 2.24) is 4.98 Å². The Bertz CT molecular complexity index is 1820. The van der Waals surface area contributed by atoms with Crippen LogP contribution >= 0.6 is 22.7 Å². The first-order chi connectivity index (χ1) is 18.7. The highest BCUT2D eigenvalue weighted by atomic mass is 79.9. The van der Waals surface area contributed by atoms with Crippen molar-refractivity contribution in [2.45, 2.75) is 0 Å². The first-order valence-corrected chi connectivity index (χ1v) is 13.5. The summed E-state index contributed by atoms with van der Waals surface area (Å²) in [6.07, 6.45) is 0. The Kier molecular flexibility index (Phi) is 6.57. The zero-order valence-electron chi connectivity index (χ0n) is 20.1. The number of nitro benzene ring substituents is 1. The van der Waals surface area contributed by atoms with Crippen molar-refractivity contribution in [2.75, 3.05) is 10.2 Å². The smallest absolute Gasteiger partial charge is 0.277 e. The summed E-state index contributed by atoms with van der Waals surface area (Å²) in [7, 11) is 0. The van der Waals surface area contributed by atoms with Gasteiger partial charge in [-0.25, -0.2) is 4.98 Å². The van der Waals surface area contributed by atoms with Crippen LogP contribution in [0, 0.1) is 10.1 Å². The van der Waals surface area contributed by atoms with Gasteiger partial charge in [0.25, 0.3) is 11.5 Å². The minimum absolute atomic E-state index is 0. The predicted octanol–water partition coefficient (Wildman–Crippen LogP) is 3.17. The minimum atomic E-state index is -0.395. The molecule has 0 spiro atoms. The lowest BCUT2D eigenvalue weighted by molar-refractivity contribution is -0.545. The lowest BCUT2D eigenvalue weighted by Gasteiger charge is -2.24. The molecule has 6 aromatic rings. The summed E-state index contributed by atoms with van der Waals surface area (Å²) in [5.41, 5.74) is 5.67. The molecule has 1 aliphatic heterocycles. The van der Waals surface area contributed by atoms with Crippen LogP contribution in [0.15, 0.2) is 108 Å². The van der Waals surface area contributed by atoms with Crippen molar-refractivity contribution in [3.8, 4) is 9.88 Å². The Morgan fingerprint density at radius 2 is 1.49 bits per heavy atom. The quantitative estimate of drug-likeness (QED) is 0.183.